The molecular formula is C50H40N4. The van der Waals surface area contributed by atoms with Gasteiger partial charge in [-0.05, 0) is 113 Å². The van der Waals surface area contributed by atoms with Gasteiger partial charge < -0.3 is 10.3 Å². The quantitative estimate of drug-likeness (QED) is 0.170. The van der Waals surface area contributed by atoms with Crippen molar-refractivity contribution in [3.05, 3.63) is 193 Å². The molecule has 1 aliphatic heterocycles. The number of rotatable bonds is 6. The van der Waals surface area contributed by atoms with Gasteiger partial charge in [0.15, 0.2) is 0 Å². The van der Waals surface area contributed by atoms with Gasteiger partial charge in [0.05, 0.1) is 11.4 Å². The molecule has 2 N–H and O–H groups in total. The lowest BCUT2D eigenvalue weighted by molar-refractivity contribution is 0.943. The van der Waals surface area contributed by atoms with Gasteiger partial charge >= 0.3 is 0 Å². The smallest absolute Gasteiger partial charge is 0.0702 e. The highest BCUT2D eigenvalue weighted by atomic mass is 14.9. The van der Waals surface area contributed by atoms with Crippen molar-refractivity contribution >= 4 is 44.2 Å². The predicted molar refractivity (Wildman–Crippen MR) is 229 cm³/mol. The molecule has 4 heteroatoms. The molecule has 9 rings (SSSR count). The summed E-state index contributed by atoms with van der Waals surface area (Å²) in [7, 11) is 0. The van der Waals surface area contributed by atoms with E-state index in [-0.39, 0.29) is 0 Å². The summed E-state index contributed by atoms with van der Waals surface area (Å²) in [5, 5.41) is 6.16. The van der Waals surface area contributed by atoms with E-state index in [2.05, 4.69) is 139 Å². The van der Waals surface area contributed by atoms with E-state index in [1.165, 1.54) is 33.0 Å². The third-order valence-electron chi connectivity index (χ3n) is 10.6. The van der Waals surface area contributed by atoms with Crippen LogP contribution in [0, 0.1) is 0 Å². The average Bonchev–Trinajstić information content (AvgIpc) is 3.60. The predicted octanol–water partition coefficient (Wildman–Crippen LogP) is 12.4. The maximum absolute atomic E-state index is 4.85. The summed E-state index contributed by atoms with van der Waals surface area (Å²) in [6.07, 6.45) is 20.3. The molecule has 0 unspecified atom stereocenters. The van der Waals surface area contributed by atoms with E-state index in [1.807, 2.05) is 43.6 Å². The highest BCUT2D eigenvalue weighted by molar-refractivity contribution is 6.10. The highest BCUT2D eigenvalue weighted by Crippen LogP contribution is 2.42. The molecular weight excluding hydrogens is 657 g/mol. The molecule has 0 radical (unpaired) electrons. The summed E-state index contributed by atoms with van der Waals surface area (Å²) < 4.78 is 0. The fourth-order valence-corrected chi connectivity index (χ4v) is 7.88. The van der Waals surface area contributed by atoms with Gasteiger partial charge in [0.2, 0.25) is 0 Å². The van der Waals surface area contributed by atoms with Crippen molar-refractivity contribution in [2.45, 2.75) is 19.8 Å². The minimum atomic E-state index is 0.703. The number of anilines is 1. The lowest BCUT2D eigenvalue weighted by Gasteiger charge is -2.23. The van der Waals surface area contributed by atoms with Crippen LogP contribution in [0.2, 0.25) is 0 Å². The monoisotopic (exact) mass is 696 g/mol. The summed E-state index contributed by atoms with van der Waals surface area (Å²) >= 11 is 0. The molecule has 1 aliphatic carbocycles. The van der Waals surface area contributed by atoms with E-state index in [0.717, 1.165) is 85.5 Å². The van der Waals surface area contributed by atoms with Gasteiger partial charge in [0, 0.05) is 74.3 Å². The highest BCUT2D eigenvalue weighted by Gasteiger charge is 2.22. The number of aromatic amines is 1. The number of benzene rings is 4. The van der Waals surface area contributed by atoms with E-state index in [4.69, 9.17) is 9.97 Å². The fraction of sp³-hybridized carbons (Fsp3) is 0.0800. The molecule has 3 aromatic heterocycles. The maximum atomic E-state index is 4.85. The topological polar surface area (TPSA) is 53.6 Å². The molecule has 2 aliphatic rings. The van der Waals surface area contributed by atoms with Crippen molar-refractivity contribution < 1.29 is 0 Å². The van der Waals surface area contributed by atoms with E-state index in [0.29, 0.717) is 6.54 Å². The summed E-state index contributed by atoms with van der Waals surface area (Å²) in [5.74, 6) is 0. The van der Waals surface area contributed by atoms with Crippen molar-refractivity contribution in [3.63, 3.8) is 0 Å². The van der Waals surface area contributed by atoms with Crippen LogP contribution in [0.4, 0.5) is 5.69 Å². The Hall–Kier alpha value is -6.78. The van der Waals surface area contributed by atoms with Crippen LogP contribution in [-0.2, 0) is 12.8 Å². The molecule has 0 bridgehead atoms. The van der Waals surface area contributed by atoms with Gasteiger partial charge in [-0.15, -0.1) is 0 Å². The largest absolute Gasteiger partial charge is 0.381 e. The zero-order valence-electron chi connectivity index (χ0n) is 30.4. The van der Waals surface area contributed by atoms with Crippen molar-refractivity contribution in [2.24, 2.45) is 0 Å². The van der Waals surface area contributed by atoms with Crippen LogP contribution in [0.3, 0.4) is 0 Å². The number of pyridine rings is 2. The van der Waals surface area contributed by atoms with Crippen LogP contribution < -0.4 is 5.32 Å². The molecule has 260 valence electrons. The Morgan fingerprint density at radius 1 is 0.722 bits per heavy atom. The van der Waals surface area contributed by atoms with Gasteiger partial charge in [0.25, 0.3) is 0 Å². The molecule has 4 aromatic carbocycles. The SMILES string of the molecule is C=C/C=C(\C=C/C)c1ccc(-c2ccc3[nH]c4cc5c(cc4c3c2)CCc2cc3c(cc2-5)NC/C=C\C(c2ccc(-c4ccccc4)cn2)=C/C3=C)nc1. The lowest BCUT2D eigenvalue weighted by Crippen LogP contribution is -2.08. The van der Waals surface area contributed by atoms with Crippen molar-refractivity contribution in [1.29, 1.82) is 0 Å². The third kappa shape index (κ3) is 6.12. The molecule has 54 heavy (non-hydrogen) atoms. The summed E-state index contributed by atoms with van der Waals surface area (Å²) in [6, 6.07) is 34.9. The number of nitrogens with one attached hydrogen (secondary N) is 2. The second-order valence-electron chi connectivity index (χ2n) is 14.0. The van der Waals surface area contributed by atoms with Crippen molar-refractivity contribution in [2.75, 3.05) is 11.9 Å². The number of hydrogen-bond acceptors (Lipinski definition) is 3. The van der Waals surface area contributed by atoms with Gasteiger partial charge in [0.1, 0.15) is 0 Å². The molecule has 0 fully saturated rings. The standard InChI is InChI=1S/C50H40N4/c1-4-10-33(11-5-2)39-18-21-47(53-30-39)38-17-22-48-44(27-38)45-26-36-16-15-35-25-41-32(3)24-37(46-20-19-40(31-52-46)34-12-7-6-8-13-34)14-9-23-51-49(41)28-42(35)43(36)29-50(45)54-48/h4-14,17-22,24-31,51,54H,1,3,15-16,23H2,2H3/b11-5-,14-9-,33-10+,37-24+. The Morgan fingerprint density at radius 2 is 1.50 bits per heavy atom. The van der Waals surface area contributed by atoms with Crippen molar-refractivity contribution in [3.8, 4) is 33.5 Å². The van der Waals surface area contributed by atoms with Crippen LogP contribution in [0.5, 0.6) is 0 Å². The first kappa shape index (κ1) is 33.1. The van der Waals surface area contributed by atoms with Crippen LogP contribution in [0.15, 0.2) is 165 Å². The van der Waals surface area contributed by atoms with E-state index in [9.17, 15) is 0 Å². The molecule has 0 spiro atoms. The minimum Gasteiger partial charge on any atom is -0.381 e. The van der Waals surface area contributed by atoms with E-state index in [1.54, 1.807) is 0 Å². The van der Waals surface area contributed by atoms with Gasteiger partial charge in [-0.1, -0.05) is 98.1 Å². The maximum Gasteiger partial charge on any atom is 0.0702 e. The molecule has 0 saturated heterocycles. The first-order chi connectivity index (χ1) is 26.6. The Balaban J connectivity index is 1.03. The number of hydrogen-bond donors (Lipinski definition) is 2. The Labute approximate surface area is 316 Å². The average molecular weight is 697 g/mol. The number of aromatic nitrogens is 3. The van der Waals surface area contributed by atoms with Crippen LogP contribution in [0.25, 0.3) is 72.0 Å². The fourth-order valence-electron chi connectivity index (χ4n) is 7.88. The Morgan fingerprint density at radius 3 is 2.28 bits per heavy atom. The van der Waals surface area contributed by atoms with Gasteiger partial charge in [-0.25, -0.2) is 0 Å². The molecule has 0 amide bonds. The lowest BCUT2D eigenvalue weighted by atomic mass is 9.82. The Kier molecular flexibility index (Phi) is 8.57. The van der Waals surface area contributed by atoms with Gasteiger partial charge in [-0.3, -0.25) is 9.97 Å². The van der Waals surface area contributed by atoms with Gasteiger partial charge in [-0.2, -0.15) is 0 Å². The number of H-pyrrole nitrogens is 1. The first-order valence-electron chi connectivity index (χ1n) is 18.6. The normalized spacial score (nSPS) is 15.7. The first-order valence-corrected chi connectivity index (χ1v) is 18.6. The van der Waals surface area contributed by atoms with E-state index >= 15 is 0 Å². The van der Waals surface area contributed by atoms with E-state index < -0.39 is 0 Å². The second-order valence-corrected chi connectivity index (χ2v) is 14.0. The number of fused-ring (bicyclic) bond motifs is 7. The van der Waals surface area contributed by atoms with Crippen LogP contribution >= 0.6 is 0 Å². The summed E-state index contributed by atoms with van der Waals surface area (Å²) in [4.78, 5) is 13.4. The summed E-state index contributed by atoms with van der Waals surface area (Å²) in [6.45, 7) is 11.1. The summed E-state index contributed by atoms with van der Waals surface area (Å²) in [5.41, 5.74) is 19.2. The number of nitrogens with zero attached hydrogens (tertiary/aromatic N) is 2. The molecule has 4 nitrogen and oxygen atoms in total. The number of allylic oxidation sites excluding steroid dienone is 9. The zero-order valence-corrected chi connectivity index (χ0v) is 30.4. The molecule has 7 aromatic rings. The molecule has 4 heterocycles. The van der Waals surface area contributed by atoms with Crippen molar-refractivity contribution in [1.82, 2.24) is 15.0 Å². The zero-order chi connectivity index (χ0) is 36.6. The van der Waals surface area contributed by atoms with Crippen LogP contribution in [0.1, 0.15) is 34.9 Å². The second kappa shape index (κ2) is 14.0. The third-order valence-corrected chi connectivity index (χ3v) is 10.6. The number of aryl methyl sites for hydroxylation is 2. The Bertz CT molecular complexity index is 2720. The molecule has 0 atom stereocenters. The van der Waals surface area contributed by atoms with Crippen LogP contribution in [-0.4, -0.2) is 21.5 Å². The molecule has 0 saturated carbocycles. The minimum absolute atomic E-state index is 0.703.